The zero-order valence-corrected chi connectivity index (χ0v) is 14.7. The minimum Gasteiger partial charge on any atom is -0.338 e. The second-order valence-electron chi connectivity index (χ2n) is 6.29. The Morgan fingerprint density at radius 3 is 2.72 bits per heavy atom. The number of piperidine rings is 1. The molecule has 2 heterocycles. The fourth-order valence-corrected chi connectivity index (χ4v) is 3.61. The summed E-state index contributed by atoms with van der Waals surface area (Å²) in [6, 6.07) is 11.4. The van der Waals surface area contributed by atoms with Crippen LogP contribution in [0.3, 0.4) is 0 Å². The first kappa shape index (κ1) is 17.7. The van der Waals surface area contributed by atoms with Crippen LogP contribution in [0.25, 0.3) is 5.69 Å². The molecular weight excluding hydrogens is 340 g/mol. The predicted octanol–water partition coefficient (Wildman–Crippen LogP) is 1.12. The lowest BCUT2D eigenvalue weighted by atomic mass is 9.97. The van der Waals surface area contributed by atoms with Gasteiger partial charge in [-0.1, -0.05) is 6.07 Å². The van der Waals surface area contributed by atoms with Gasteiger partial charge in [-0.15, -0.1) is 0 Å². The summed E-state index contributed by atoms with van der Waals surface area (Å²) < 4.78 is 26.4. The first-order chi connectivity index (χ1) is 11.9. The number of nitrogens with zero attached hydrogens (tertiary/aromatic N) is 2. The van der Waals surface area contributed by atoms with Crippen LogP contribution in [0.5, 0.6) is 0 Å². The van der Waals surface area contributed by atoms with Crippen LogP contribution in [0.15, 0.2) is 48.8 Å². The molecular formula is C17H22N4O3S. The van der Waals surface area contributed by atoms with Crippen LogP contribution in [0.2, 0.25) is 0 Å². The molecule has 1 aromatic heterocycles. The molecule has 0 aliphatic carbocycles. The molecule has 0 radical (unpaired) electrons. The van der Waals surface area contributed by atoms with Crippen LogP contribution < -0.4 is 9.86 Å². The van der Waals surface area contributed by atoms with E-state index in [-0.39, 0.29) is 18.4 Å². The SMILES string of the molecule is NS(=O)(=O)NCC1CCCN(C(=O)c2cccc(-n3cccc3)c2)C1. The summed E-state index contributed by atoms with van der Waals surface area (Å²) in [4.78, 5) is 14.6. The molecule has 3 rings (SSSR count). The lowest BCUT2D eigenvalue weighted by molar-refractivity contribution is 0.0676. The minimum absolute atomic E-state index is 0.0330. The van der Waals surface area contributed by atoms with E-state index in [1.54, 1.807) is 4.90 Å². The van der Waals surface area contributed by atoms with Crippen LogP contribution in [0.4, 0.5) is 0 Å². The molecule has 1 atom stereocenters. The van der Waals surface area contributed by atoms with Gasteiger partial charge in [0.2, 0.25) is 0 Å². The highest BCUT2D eigenvalue weighted by Gasteiger charge is 2.25. The molecule has 1 fully saturated rings. The number of nitrogens with two attached hydrogens (primary N) is 1. The Labute approximate surface area is 147 Å². The van der Waals surface area contributed by atoms with E-state index in [1.807, 2.05) is 53.4 Å². The van der Waals surface area contributed by atoms with Crippen LogP contribution in [-0.4, -0.2) is 43.4 Å². The van der Waals surface area contributed by atoms with Gasteiger partial charge in [-0.05, 0) is 49.1 Å². The molecule has 1 aliphatic heterocycles. The third kappa shape index (κ3) is 4.68. The molecule has 3 N–H and O–H groups in total. The van der Waals surface area contributed by atoms with Gasteiger partial charge in [0, 0.05) is 43.3 Å². The van der Waals surface area contributed by atoms with E-state index in [4.69, 9.17) is 5.14 Å². The zero-order valence-electron chi connectivity index (χ0n) is 13.8. The number of amides is 1. The minimum atomic E-state index is -3.70. The first-order valence-corrected chi connectivity index (χ1v) is 9.77. The summed E-state index contributed by atoms with van der Waals surface area (Å²) in [7, 11) is -3.70. The number of aromatic nitrogens is 1. The topological polar surface area (TPSA) is 97.4 Å². The fourth-order valence-electron chi connectivity index (χ4n) is 3.14. The third-order valence-electron chi connectivity index (χ3n) is 4.38. The highest BCUT2D eigenvalue weighted by atomic mass is 32.2. The van der Waals surface area contributed by atoms with Gasteiger partial charge in [0.15, 0.2) is 0 Å². The Bertz CT molecular complexity index is 833. The Balaban J connectivity index is 1.69. The van der Waals surface area contributed by atoms with E-state index in [2.05, 4.69) is 4.72 Å². The monoisotopic (exact) mass is 362 g/mol. The second kappa shape index (κ2) is 7.38. The molecule has 8 heteroatoms. The molecule has 1 amide bonds. The number of carbonyl (C=O) groups excluding carboxylic acids is 1. The second-order valence-corrected chi connectivity index (χ2v) is 7.67. The number of hydrogen-bond donors (Lipinski definition) is 2. The Morgan fingerprint density at radius 1 is 1.24 bits per heavy atom. The normalized spacial score (nSPS) is 18.3. The van der Waals surface area contributed by atoms with Crippen molar-refractivity contribution >= 4 is 16.1 Å². The number of hydrogen-bond acceptors (Lipinski definition) is 3. The van der Waals surface area contributed by atoms with Crippen LogP contribution in [0.1, 0.15) is 23.2 Å². The van der Waals surface area contributed by atoms with E-state index < -0.39 is 10.2 Å². The van der Waals surface area contributed by atoms with Crippen molar-refractivity contribution in [1.29, 1.82) is 0 Å². The average Bonchev–Trinajstić information content (AvgIpc) is 3.14. The van der Waals surface area contributed by atoms with Crippen molar-refractivity contribution in [3.05, 3.63) is 54.4 Å². The third-order valence-corrected chi connectivity index (χ3v) is 4.94. The highest BCUT2D eigenvalue weighted by molar-refractivity contribution is 7.87. The molecule has 25 heavy (non-hydrogen) atoms. The van der Waals surface area contributed by atoms with Gasteiger partial charge in [0.25, 0.3) is 16.1 Å². The number of likely N-dealkylation sites (tertiary alicyclic amines) is 1. The van der Waals surface area contributed by atoms with E-state index in [1.165, 1.54) is 0 Å². The predicted molar refractivity (Wildman–Crippen MR) is 95.5 cm³/mol. The molecule has 0 bridgehead atoms. The molecule has 2 aromatic rings. The van der Waals surface area contributed by atoms with Crippen molar-refractivity contribution < 1.29 is 13.2 Å². The Kier molecular flexibility index (Phi) is 5.22. The smallest absolute Gasteiger partial charge is 0.274 e. The van der Waals surface area contributed by atoms with Crippen LogP contribution >= 0.6 is 0 Å². The van der Waals surface area contributed by atoms with Gasteiger partial charge in [0.05, 0.1) is 0 Å². The zero-order chi connectivity index (χ0) is 17.9. The highest BCUT2D eigenvalue weighted by Crippen LogP contribution is 2.19. The van der Waals surface area contributed by atoms with Gasteiger partial charge in [0.1, 0.15) is 0 Å². The summed E-state index contributed by atoms with van der Waals surface area (Å²) in [6.45, 7) is 1.46. The molecule has 1 saturated heterocycles. The summed E-state index contributed by atoms with van der Waals surface area (Å²) in [6.07, 6.45) is 5.58. The van der Waals surface area contributed by atoms with Gasteiger partial charge >= 0.3 is 0 Å². The molecule has 1 aromatic carbocycles. The fraction of sp³-hybridized carbons (Fsp3) is 0.353. The number of rotatable bonds is 5. The van der Waals surface area contributed by atoms with Crippen molar-refractivity contribution in [3.63, 3.8) is 0 Å². The number of benzene rings is 1. The molecule has 7 nitrogen and oxygen atoms in total. The van der Waals surface area contributed by atoms with E-state index in [9.17, 15) is 13.2 Å². The molecule has 134 valence electrons. The maximum atomic E-state index is 12.8. The van der Waals surface area contributed by atoms with Crippen LogP contribution in [0, 0.1) is 5.92 Å². The standard InChI is InChI=1S/C17H22N4O3S/c18-25(23,24)19-12-14-5-4-10-21(13-14)17(22)15-6-3-7-16(11-15)20-8-1-2-9-20/h1-3,6-9,11,14,19H,4-5,10,12-13H2,(H2,18,23,24). The van der Waals surface area contributed by atoms with Gasteiger partial charge in [-0.2, -0.15) is 8.42 Å². The molecule has 0 saturated carbocycles. The molecule has 1 aliphatic rings. The van der Waals surface area contributed by atoms with Crippen molar-refractivity contribution in [3.8, 4) is 5.69 Å². The number of carbonyl (C=O) groups is 1. The van der Waals surface area contributed by atoms with Gasteiger partial charge in [-0.25, -0.2) is 9.86 Å². The number of nitrogens with one attached hydrogen (secondary N) is 1. The van der Waals surface area contributed by atoms with Gasteiger partial charge < -0.3 is 9.47 Å². The lowest BCUT2D eigenvalue weighted by Crippen LogP contribution is -2.44. The molecule has 0 spiro atoms. The maximum Gasteiger partial charge on any atom is 0.274 e. The maximum absolute atomic E-state index is 12.8. The molecule has 1 unspecified atom stereocenters. The van der Waals surface area contributed by atoms with E-state index in [0.717, 1.165) is 18.5 Å². The largest absolute Gasteiger partial charge is 0.338 e. The quantitative estimate of drug-likeness (QED) is 0.834. The lowest BCUT2D eigenvalue weighted by Gasteiger charge is -2.32. The average molecular weight is 362 g/mol. The summed E-state index contributed by atoms with van der Waals surface area (Å²) in [5, 5.41) is 4.98. The summed E-state index contributed by atoms with van der Waals surface area (Å²) >= 11 is 0. The van der Waals surface area contributed by atoms with Crippen LogP contribution in [-0.2, 0) is 10.2 Å². The summed E-state index contributed by atoms with van der Waals surface area (Å²) in [5.41, 5.74) is 1.56. The van der Waals surface area contributed by atoms with Crippen molar-refractivity contribution in [2.75, 3.05) is 19.6 Å². The Hall–Kier alpha value is -2.16. The van der Waals surface area contributed by atoms with Gasteiger partial charge in [-0.3, -0.25) is 4.79 Å². The van der Waals surface area contributed by atoms with E-state index >= 15 is 0 Å². The van der Waals surface area contributed by atoms with Crippen molar-refractivity contribution in [2.24, 2.45) is 11.1 Å². The first-order valence-electron chi connectivity index (χ1n) is 8.22. The summed E-state index contributed by atoms with van der Waals surface area (Å²) in [5.74, 6) is 0.0398. The van der Waals surface area contributed by atoms with Crippen molar-refractivity contribution in [2.45, 2.75) is 12.8 Å². The van der Waals surface area contributed by atoms with E-state index in [0.29, 0.717) is 18.7 Å². The van der Waals surface area contributed by atoms with Crippen molar-refractivity contribution in [1.82, 2.24) is 14.2 Å². The Morgan fingerprint density at radius 2 is 2.00 bits per heavy atom.